The topological polar surface area (TPSA) is 53.4 Å². The van der Waals surface area contributed by atoms with Crippen molar-refractivity contribution in [2.75, 3.05) is 4.31 Å². The molecule has 1 fully saturated rings. The quantitative estimate of drug-likeness (QED) is 0.549. The van der Waals surface area contributed by atoms with Gasteiger partial charge in [-0.15, -0.1) is 0 Å². The summed E-state index contributed by atoms with van der Waals surface area (Å²) in [5.41, 5.74) is 1.32. The van der Waals surface area contributed by atoms with Crippen LogP contribution in [0.3, 0.4) is 0 Å². The van der Waals surface area contributed by atoms with E-state index >= 15 is 0 Å². The predicted molar refractivity (Wildman–Crippen MR) is 102 cm³/mol. The minimum atomic E-state index is -0.904. The molecule has 0 bridgehead atoms. The fraction of sp³-hybridized carbons (Fsp3) is 0.368. The van der Waals surface area contributed by atoms with Crippen LogP contribution in [0.25, 0.3) is 0 Å². The molecule has 132 valence electrons. The molecule has 1 heterocycles. The number of benzene rings is 1. The van der Waals surface area contributed by atoms with Crippen LogP contribution < -0.4 is 4.31 Å². The summed E-state index contributed by atoms with van der Waals surface area (Å²) in [5, 5.41) is 9.61. The molecule has 2 unspecified atom stereocenters. The van der Waals surface area contributed by atoms with Gasteiger partial charge in [0.25, 0.3) is 0 Å². The van der Waals surface area contributed by atoms with E-state index in [1.165, 1.54) is 19.3 Å². The Hall–Kier alpha value is -1.72. The van der Waals surface area contributed by atoms with E-state index in [4.69, 9.17) is 16.7 Å². The van der Waals surface area contributed by atoms with E-state index in [2.05, 4.69) is 16.2 Å². The van der Waals surface area contributed by atoms with Gasteiger partial charge in [0.2, 0.25) is 0 Å². The minimum Gasteiger partial charge on any atom is -0.478 e. The van der Waals surface area contributed by atoms with E-state index < -0.39 is 5.97 Å². The van der Waals surface area contributed by atoms with Crippen LogP contribution in [-0.2, 0) is 0 Å². The summed E-state index contributed by atoms with van der Waals surface area (Å²) in [4.78, 5) is 16.3. The highest BCUT2D eigenvalue weighted by atomic mass is 35.5. The number of carboxylic acids is 1. The zero-order chi connectivity index (χ0) is 17.8. The highest BCUT2D eigenvalue weighted by molar-refractivity contribution is 8.00. The van der Waals surface area contributed by atoms with Crippen molar-refractivity contribution in [2.24, 2.45) is 5.92 Å². The van der Waals surface area contributed by atoms with Crippen LogP contribution in [0.4, 0.5) is 5.69 Å². The van der Waals surface area contributed by atoms with Crippen LogP contribution in [0, 0.1) is 5.92 Å². The zero-order valence-corrected chi connectivity index (χ0v) is 15.6. The van der Waals surface area contributed by atoms with Gasteiger partial charge in [0.15, 0.2) is 0 Å². The van der Waals surface area contributed by atoms with Gasteiger partial charge in [-0.05, 0) is 67.1 Å². The molecule has 2 atom stereocenters. The van der Waals surface area contributed by atoms with Crippen LogP contribution in [0.2, 0.25) is 5.15 Å². The SMILES string of the molecule is CC1CCCCC1N(Sc1ccc(Cl)nc1)c1ccc(C(=O)O)cc1. The van der Waals surface area contributed by atoms with Crippen LogP contribution in [0.5, 0.6) is 0 Å². The second-order valence-corrected chi connectivity index (χ2v) is 7.85. The first-order chi connectivity index (χ1) is 12.0. The zero-order valence-electron chi connectivity index (χ0n) is 14.1. The number of pyridine rings is 1. The second-order valence-electron chi connectivity index (χ2n) is 6.41. The molecule has 4 nitrogen and oxygen atoms in total. The lowest BCUT2D eigenvalue weighted by Crippen LogP contribution is -2.37. The molecule has 0 saturated heterocycles. The number of aromatic carboxylic acids is 1. The third-order valence-corrected chi connectivity index (χ3v) is 5.99. The molecule has 1 saturated carbocycles. The maximum atomic E-state index is 11.1. The maximum Gasteiger partial charge on any atom is 0.335 e. The smallest absolute Gasteiger partial charge is 0.335 e. The molecule has 0 amide bonds. The van der Waals surface area contributed by atoms with Gasteiger partial charge >= 0.3 is 5.97 Å². The first kappa shape index (κ1) is 18.1. The average Bonchev–Trinajstić information content (AvgIpc) is 2.62. The van der Waals surface area contributed by atoms with Gasteiger partial charge in [0.1, 0.15) is 5.15 Å². The standard InChI is InChI=1S/C19H21ClN2O2S/c1-13-4-2-3-5-17(13)22(25-16-10-11-18(20)21-12-16)15-8-6-14(7-9-15)19(23)24/h6-13,17H,2-5H2,1H3,(H,23,24). The Morgan fingerprint density at radius 1 is 1.20 bits per heavy atom. The monoisotopic (exact) mass is 376 g/mol. The van der Waals surface area contributed by atoms with Crippen molar-refractivity contribution in [3.8, 4) is 0 Å². The van der Waals surface area contributed by atoms with Crippen molar-refractivity contribution < 1.29 is 9.90 Å². The number of carboxylic acid groups (broad SMARTS) is 1. The second kappa shape index (κ2) is 8.11. The lowest BCUT2D eigenvalue weighted by molar-refractivity contribution is 0.0697. The van der Waals surface area contributed by atoms with Crippen molar-refractivity contribution in [1.29, 1.82) is 0 Å². The molecule has 1 aliphatic rings. The van der Waals surface area contributed by atoms with Crippen LogP contribution in [0.1, 0.15) is 43.0 Å². The van der Waals surface area contributed by atoms with Gasteiger partial charge in [0.05, 0.1) is 5.56 Å². The van der Waals surface area contributed by atoms with E-state index in [-0.39, 0.29) is 0 Å². The number of hydrogen-bond donors (Lipinski definition) is 1. The molecule has 3 rings (SSSR count). The number of carbonyl (C=O) groups is 1. The molecule has 0 radical (unpaired) electrons. The summed E-state index contributed by atoms with van der Waals surface area (Å²) in [7, 11) is 0. The Kier molecular flexibility index (Phi) is 5.86. The lowest BCUT2D eigenvalue weighted by Gasteiger charge is -2.39. The summed E-state index contributed by atoms with van der Waals surface area (Å²) in [6.45, 7) is 2.29. The largest absolute Gasteiger partial charge is 0.478 e. The van der Waals surface area contributed by atoms with Crippen LogP contribution in [0.15, 0.2) is 47.5 Å². The maximum absolute atomic E-state index is 11.1. The minimum absolute atomic E-state index is 0.304. The molecule has 0 spiro atoms. The fourth-order valence-electron chi connectivity index (χ4n) is 3.24. The van der Waals surface area contributed by atoms with Crippen LogP contribution in [-0.4, -0.2) is 22.1 Å². The van der Waals surface area contributed by atoms with Crippen molar-refractivity contribution >= 4 is 35.2 Å². The lowest BCUT2D eigenvalue weighted by atomic mass is 9.86. The molecule has 2 aromatic rings. The van der Waals surface area contributed by atoms with Gasteiger partial charge in [-0.3, -0.25) is 0 Å². The summed E-state index contributed by atoms with van der Waals surface area (Å²) in [6.07, 6.45) is 6.62. The molecular weight excluding hydrogens is 356 g/mol. The van der Waals surface area contributed by atoms with Gasteiger partial charge in [-0.2, -0.15) is 0 Å². The summed E-state index contributed by atoms with van der Waals surface area (Å²) < 4.78 is 2.31. The van der Waals surface area contributed by atoms with Crippen molar-refractivity contribution in [2.45, 2.75) is 43.5 Å². The third kappa shape index (κ3) is 4.47. The Balaban J connectivity index is 1.90. The first-order valence-electron chi connectivity index (χ1n) is 8.46. The molecule has 1 aromatic carbocycles. The fourth-order valence-corrected chi connectivity index (χ4v) is 4.48. The number of hydrogen-bond acceptors (Lipinski definition) is 4. The first-order valence-corrected chi connectivity index (χ1v) is 9.62. The van der Waals surface area contributed by atoms with Gasteiger partial charge < -0.3 is 9.41 Å². The van der Waals surface area contributed by atoms with E-state index in [9.17, 15) is 4.79 Å². The predicted octanol–water partition coefficient (Wildman–Crippen LogP) is 5.53. The molecule has 6 heteroatoms. The van der Waals surface area contributed by atoms with E-state index in [1.54, 1.807) is 36.3 Å². The number of rotatable bonds is 5. The van der Waals surface area contributed by atoms with Gasteiger partial charge in [-0.25, -0.2) is 9.78 Å². The average molecular weight is 377 g/mol. The summed E-state index contributed by atoms with van der Waals surface area (Å²) in [5.74, 6) is -0.320. The third-order valence-electron chi connectivity index (χ3n) is 4.64. The van der Waals surface area contributed by atoms with E-state index in [0.29, 0.717) is 22.7 Å². The summed E-state index contributed by atoms with van der Waals surface area (Å²) >= 11 is 7.53. The molecule has 0 aliphatic heterocycles. The van der Waals surface area contributed by atoms with Gasteiger partial charge in [0, 0.05) is 22.8 Å². The molecule has 1 N–H and O–H groups in total. The number of nitrogens with zero attached hydrogens (tertiary/aromatic N) is 2. The Labute approximate surface area is 157 Å². The Morgan fingerprint density at radius 2 is 1.92 bits per heavy atom. The normalized spacial score (nSPS) is 20.2. The van der Waals surface area contributed by atoms with Crippen molar-refractivity contribution in [3.63, 3.8) is 0 Å². The summed E-state index contributed by atoms with van der Waals surface area (Å²) in [6, 6.07) is 11.3. The van der Waals surface area contributed by atoms with Crippen molar-refractivity contribution in [3.05, 3.63) is 53.3 Å². The highest BCUT2D eigenvalue weighted by Gasteiger charge is 2.28. The molecule has 1 aliphatic carbocycles. The van der Waals surface area contributed by atoms with E-state index in [1.807, 2.05) is 18.2 Å². The molecule has 1 aromatic heterocycles. The van der Waals surface area contributed by atoms with Gasteiger partial charge in [-0.1, -0.05) is 31.4 Å². The number of anilines is 1. The van der Waals surface area contributed by atoms with Crippen LogP contribution >= 0.6 is 23.5 Å². The Bertz CT molecular complexity index is 721. The number of halogens is 1. The van der Waals surface area contributed by atoms with Crippen molar-refractivity contribution in [1.82, 2.24) is 4.98 Å². The van der Waals surface area contributed by atoms with E-state index in [0.717, 1.165) is 17.0 Å². The highest BCUT2D eigenvalue weighted by Crippen LogP contribution is 2.38. The Morgan fingerprint density at radius 3 is 2.52 bits per heavy atom. The number of aromatic nitrogens is 1. The molecular formula is C19H21ClN2O2S. The molecule has 25 heavy (non-hydrogen) atoms.